The fourth-order valence-electron chi connectivity index (χ4n) is 3.37. The van der Waals surface area contributed by atoms with Gasteiger partial charge >= 0.3 is 0 Å². The van der Waals surface area contributed by atoms with Crippen LogP contribution in [-0.4, -0.2) is 52.4 Å². The zero-order chi connectivity index (χ0) is 22.7. The molecule has 0 amide bonds. The molecule has 0 bridgehead atoms. The first-order chi connectivity index (χ1) is 13.5. The molecule has 3 N–H and O–H groups in total. The maximum Gasteiger partial charge on any atom is 0.294 e. The van der Waals surface area contributed by atoms with Gasteiger partial charge in [-0.3, -0.25) is 14.1 Å². The average Bonchev–Trinajstić information content (AvgIpc) is 2.81. The predicted molar refractivity (Wildman–Crippen MR) is 111 cm³/mol. The summed E-state index contributed by atoms with van der Waals surface area (Å²) in [6, 6.07) is 5.07. The van der Waals surface area contributed by atoms with Crippen molar-refractivity contribution in [1.29, 1.82) is 0 Å². The van der Waals surface area contributed by atoms with E-state index in [1.165, 1.54) is 12.1 Å². The molecule has 1 aliphatic rings. The number of nitrogens with zero attached hydrogens (tertiary/aromatic N) is 1. The lowest BCUT2D eigenvalue weighted by Crippen LogP contribution is -2.29. The highest BCUT2D eigenvalue weighted by atomic mass is 32.2. The molecule has 1 heterocycles. The first-order valence-corrected chi connectivity index (χ1v) is 13.2. The molecular formula is C17H20N2O8S3. The second-order valence-electron chi connectivity index (χ2n) is 7.46. The van der Waals surface area contributed by atoms with Crippen LogP contribution in [0.15, 0.2) is 39.0 Å². The van der Waals surface area contributed by atoms with Crippen LogP contribution in [0.1, 0.15) is 26.3 Å². The fourth-order valence-corrected chi connectivity index (χ4v) is 5.74. The summed E-state index contributed by atoms with van der Waals surface area (Å²) < 4.78 is 91.5. The molecule has 2 aromatic rings. The van der Waals surface area contributed by atoms with E-state index in [-0.39, 0.29) is 10.8 Å². The van der Waals surface area contributed by atoms with Gasteiger partial charge < -0.3 is 0 Å². The first kappa shape index (κ1) is 22.8. The summed E-state index contributed by atoms with van der Waals surface area (Å²) in [6.07, 6.45) is 0. The molecule has 0 saturated carbocycles. The Balaban J connectivity index is 2.29. The zero-order valence-corrected chi connectivity index (χ0v) is 18.7. The summed E-state index contributed by atoms with van der Waals surface area (Å²) >= 11 is 0. The van der Waals surface area contributed by atoms with E-state index in [9.17, 15) is 29.8 Å². The van der Waals surface area contributed by atoms with Crippen LogP contribution in [0.4, 0.5) is 5.69 Å². The van der Waals surface area contributed by atoms with Crippen LogP contribution in [0.5, 0.6) is 0 Å². The fraction of sp³-hybridized carbons (Fsp3) is 0.353. The van der Waals surface area contributed by atoms with Gasteiger partial charge in [0.1, 0.15) is 0 Å². The first-order valence-electron chi connectivity index (χ1n) is 8.63. The smallest absolute Gasteiger partial charge is 0.286 e. The monoisotopic (exact) mass is 476 g/mol. The van der Waals surface area contributed by atoms with E-state index in [0.717, 1.165) is 11.8 Å². The van der Waals surface area contributed by atoms with Gasteiger partial charge in [0.2, 0.25) is 10.0 Å². The third-order valence-corrected chi connectivity index (χ3v) is 8.16. The number of fused-ring (bicyclic) bond motifs is 3. The Bertz CT molecular complexity index is 1410. The zero-order valence-electron chi connectivity index (χ0n) is 16.2. The normalized spacial score (nSPS) is 16.5. The third-order valence-electron chi connectivity index (χ3n) is 5.11. The van der Waals surface area contributed by atoms with Crippen molar-refractivity contribution in [3.8, 4) is 0 Å². The summed E-state index contributed by atoms with van der Waals surface area (Å²) in [5.41, 5.74) is 1.29. The van der Waals surface area contributed by atoms with E-state index < -0.39 is 57.8 Å². The molecule has 0 aliphatic carbocycles. The van der Waals surface area contributed by atoms with E-state index in [1.54, 1.807) is 13.0 Å². The molecule has 0 atom stereocenters. The van der Waals surface area contributed by atoms with Gasteiger partial charge in [-0.25, -0.2) is 13.1 Å². The number of nitrogens with one attached hydrogen (secondary N) is 1. The Morgan fingerprint density at radius 2 is 1.63 bits per heavy atom. The van der Waals surface area contributed by atoms with Gasteiger partial charge in [0.15, 0.2) is 0 Å². The van der Waals surface area contributed by atoms with Crippen molar-refractivity contribution in [3.63, 3.8) is 0 Å². The van der Waals surface area contributed by atoms with Crippen molar-refractivity contribution < 1.29 is 34.4 Å². The molecule has 0 radical (unpaired) electrons. The van der Waals surface area contributed by atoms with Crippen molar-refractivity contribution in [2.45, 2.75) is 36.0 Å². The molecule has 1 aliphatic heterocycles. The second-order valence-corrected chi connectivity index (χ2v) is 12.2. The van der Waals surface area contributed by atoms with E-state index in [0.29, 0.717) is 11.3 Å². The molecule has 0 saturated heterocycles. The van der Waals surface area contributed by atoms with E-state index >= 15 is 0 Å². The minimum absolute atomic E-state index is 0.179. The Labute approximate surface area is 174 Å². The number of hydrogen-bond donors (Lipinski definition) is 3. The largest absolute Gasteiger partial charge is 0.294 e. The van der Waals surface area contributed by atoms with Gasteiger partial charge in [0, 0.05) is 23.1 Å². The number of hydrogen-bond acceptors (Lipinski definition) is 7. The minimum Gasteiger partial charge on any atom is -0.286 e. The van der Waals surface area contributed by atoms with Crippen molar-refractivity contribution >= 4 is 52.4 Å². The number of sulfonamides is 1. The number of aliphatic imine (C=N–C) groups is 1. The van der Waals surface area contributed by atoms with Crippen LogP contribution in [0, 0.1) is 0 Å². The molecule has 0 aromatic heterocycles. The van der Waals surface area contributed by atoms with Crippen LogP contribution in [0.2, 0.25) is 0 Å². The lowest BCUT2D eigenvalue weighted by molar-refractivity contribution is 0.480. The highest BCUT2D eigenvalue weighted by molar-refractivity contribution is 7.90. The molecule has 0 unspecified atom stereocenters. The summed E-state index contributed by atoms with van der Waals surface area (Å²) in [6.45, 7) is 4.88. The maximum absolute atomic E-state index is 12.8. The van der Waals surface area contributed by atoms with Gasteiger partial charge in [-0.15, -0.1) is 0 Å². The van der Waals surface area contributed by atoms with E-state index in [1.807, 2.05) is 18.6 Å². The lowest BCUT2D eigenvalue weighted by Gasteiger charge is -2.23. The van der Waals surface area contributed by atoms with Crippen LogP contribution in [-0.2, 0) is 35.7 Å². The van der Waals surface area contributed by atoms with Gasteiger partial charge in [-0.1, -0.05) is 19.9 Å². The highest BCUT2D eigenvalue weighted by Crippen LogP contribution is 2.45. The quantitative estimate of drug-likeness (QED) is 0.529. The van der Waals surface area contributed by atoms with Gasteiger partial charge in [-0.05, 0) is 36.1 Å². The molecule has 2 aromatic carbocycles. The predicted octanol–water partition coefficient (Wildman–Crippen LogP) is 1.64. The van der Waals surface area contributed by atoms with E-state index in [2.05, 4.69) is 4.99 Å². The summed E-state index contributed by atoms with van der Waals surface area (Å²) in [5, 5.41) is 0.460. The van der Waals surface area contributed by atoms with Crippen LogP contribution < -0.4 is 4.72 Å². The topological polar surface area (TPSA) is 167 Å². The van der Waals surface area contributed by atoms with Crippen molar-refractivity contribution in [3.05, 3.63) is 29.8 Å². The second kappa shape index (κ2) is 7.07. The van der Waals surface area contributed by atoms with Crippen molar-refractivity contribution in [2.24, 2.45) is 4.99 Å². The molecule has 0 fully saturated rings. The van der Waals surface area contributed by atoms with Gasteiger partial charge in [0.05, 0.1) is 21.2 Å². The van der Waals surface area contributed by atoms with Crippen LogP contribution in [0.25, 0.3) is 10.8 Å². The van der Waals surface area contributed by atoms with E-state index in [4.69, 9.17) is 4.55 Å². The van der Waals surface area contributed by atoms with Crippen molar-refractivity contribution in [1.82, 2.24) is 4.72 Å². The maximum atomic E-state index is 12.8. The lowest BCUT2D eigenvalue weighted by atomic mass is 9.80. The molecule has 164 valence electrons. The van der Waals surface area contributed by atoms with Crippen LogP contribution in [0.3, 0.4) is 0 Å². The van der Waals surface area contributed by atoms with Crippen LogP contribution >= 0.6 is 0 Å². The summed E-state index contributed by atoms with van der Waals surface area (Å²) in [5.74, 6) is -0.863. The number of benzene rings is 2. The highest BCUT2D eigenvalue weighted by Gasteiger charge is 2.35. The van der Waals surface area contributed by atoms with Crippen molar-refractivity contribution in [2.75, 3.05) is 12.3 Å². The molecular weight excluding hydrogens is 456 g/mol. The third kappa shape index (κ3) is 4.13. The molecule has 3 rings (SSSR count). The Hall–Kier alpha value is -1.90. The molecule has 13 heteroatoms. The number of rotatable bonds is 6. The molecule has 10 nitrogen and oxygen atoms in total. The standard InChI is InChI=1S/C17H20N2O8S3/c1-10-17(2,3)16-13-8-11(30(25,26)27)9-15(12(13)4-5-14(16)19-10)29(23,24)18-6-7-28(20,21)22/h4-5,8-9,18H,6-7H2,1-3H3,(H,20,21,22)(H,25,26,27). The Morgan fingerprint density at radius 1 is 1.00 bits per heavy atom. The molecule has 30 heavy (non-hydrogen) atoms. The summed E-state index contributed by atoms with van der Waals surface area (Å²) in [7, 11) is -13.6. The summed E-state index contributed by atoms with van der Waals surface area (Å²) in [4.78, 5) is 3.38. The Kier molecular flexibility index (Phi) is 5.37. The molecule has 0 spiro atoms. The average molecular weight is 477 g/mol. The SMILES string of the molecule is CC1=Nc2ccc3c(S(=O)(=O)NCCS(=O)(=O)O)cc(S(=O)(=O)O)cc3c2C1(C)C. The minimum atomic E-state index is -4.75. The Morgan fingerprint density at radius 3 is 2.20 bits per heavy atom. The van der Waals surface area contributed by atoms with Gasteiger partial charge in [-0.2, -0.15) is 16.8 Å². The van der Waals surface area contributed by atoms with Gasteiger partial charge in [0.25, 0.3) is 20.2 Å².